The second-order valence-electron chi connectivity index (χ2n) is 7.76. The van der Waals surface area contributed by atoms with Crippen LogP contribution in [0.3, 0.4) is 0 Å². The maximum atomic E-state index is 13.0. The first-order valence-electron chi connectivity index (χ1n) is 10.4. The summed E-state index contributed by atoms with van der Waals surface area (Å²) in [6, 6.07) is 12.0. The Morgan fingerprint density at radius 1 is 1.16 bits per heavy atom. The molecule has 0 spiro atoms. The topological polar surface area (TPSA) is 97.0 Å². The van der Waals surface area contributed by atoms with E-state index in [2.05, 4.69) is 14.9 Å². The summed E-state index contributed by atoms with van der Waals surface area (Å²) in [4.78, 5) is 15.2. The maximum absolute atomic E-state index is 13.0. The van der Waals surface area contributed by atoms with E-state index < -0.39 is 10.0 Å². The number of rotatable bonds is 8. The molecule has 1 aliphatic heterocycles. The van der Waals surface area contributed by atoms with Crippen LogP contribution in [0.25, 0.3) is 0 Å². The molecule has 8 nitrogen and oxygen atoms in total. The predicted octanol–water partition coefficient (Wildman–Crippen LogP) is 2.22. The van der Waals surface area contributed by atoms with Crippen LogP contribution in [0, 0.1) is 0 Å². The standard InChI is InChI=1S/C22H27N3O5S/c1-29-20-9-6-16(14-21(20)31(27,28)24-18-7-8-18)22(26)23-19-5-3-2-4-17(19)15-25-10-12-30-13-11-25/h2-6,9,14,18,24H,7-8,10-13,15H2,1H3,(H,23,26). The number of nitrogens with zero attached hydrogens (tertiary/aromatic N) is 1. The molecule has 0 radical (unpaired) electrons. The molecule has 2 fully saturated rings. The summed E-state index contributed by atoms with van der Waals surface area (Å²) in [6.07, 6.45) is 1.64. The number of morpholine rings is 1. The van der Waals surface area contributed by atoms with Crippen LogP contribution < -0.4 is 14.8 Å². The third-order valence-electron chi connectivity index (χ3n) is 5.38. The molecule has 1 saturated heterocycles. The SMILES string of the molecule is COc1ccc(C(=O)Nc2ccccc2CN2CCOCC2)cc1S(=O)(=O)NC1CC1. The van der Waals surface area contributed by atoms with Crippen molar-refractivity contribution in [1.82, 2.24) is 9.62 Å². The van der Waals surface area contributed by atoms with Gasteiger partial charge in [0.25, 0.3) is 5.91 Å². The average Bonchev–Trinajstić information content (AvgIpc) is 3.58. The van der Waals surface area contributed by atoms with Crippen LogP contribution in [0.4, 0.5) is 5.69 Å². The molecule has 1 heterocycles. The number of para-hydroxylation sites is 1. The van der Waals surface area contributed by atoms with Crippen molar-refractivity contribution in [3.8, 4) is 5.75 Å². The minimum absolute atomic E-state index is 0.0313. The van der Waals surface area contributed by atoms with E-state index in [1.165, 1.54) is 19.2 Å². The average molecular weight is 446 g/mol. The lowest BCUT2D eigenvalue weighted by Gasteiger charge is -2.27. The molecule has 2 aromatic rings. The Labute approximate surface area is 182 Å². The fraction of sp³-hybridized carbons (Fsp3) is 0.409. The second kappa shape index (κ2) is 9.35. The Kier molecular flexibility index (Phi) is 6.57. The van der Waals surface area contributed by atoms with Gasteiger partial charge in [0.2, 0.25) is 10.0 Å². The number of nitrogens with one attached hydrogen (secondary N) is 2. The van der Waals surface area contributed by atoms with Gasteiger partial charge in [-0.2, -0.15) is 0 Å². The van der Waals surface area contributed by atoms with Crippen molar-refractivity contribution in [2.75, 3.05) is 38.7 Å². The van der Waals surface area contributed by atoms with E-state index >= 15 is 0 Å². The van der Waals surface area contributed by atoms with Gasteiger partial charge in [-0.15, -0.1) is 0 Å². The van der Waals surface area contributed by atoms with Gasteiger partial charge in [0.15, 0.2) is 0 Å². The van der Waals surface area contributed by atoms with E-state index in [1.54, 1.807) is 6.07 Å². The molecule has 166 valence electrons. The van der Waals surface area contributed by atoms with Crippen LogP contribution in [0.1, 0.15) is 28.8 Å². The molecular formula is C22H27N3O5S. The number of ether oxygens (including phenoxy) is 2. The molecule has 31 heavy (non-hydrogen) atoms. The minimum atomic E-state index is -3.77. The second-order valence-corrected chi connectivity index (χ2v) is 9.44. The van der Waals surface area contributed by atoms with Gasteiger partial charge in [0.05, 0.1) is 20.3 Å². The van der Waals surface area contributed by atoms with Crippen molar-refractivity contribution in [2.24, 2.45) is 0 Å². The fourth-order valence-electron chi connectivity index (χ4n) is 3.49. The van der Waals surface area contributed by atoms with Gasteiger partial charge in [-0.1, -0.05) is 18.2 Å². The highest BCUT2D eigenvalue weighted by atomic mass is 32.2. The van der Waals surface area contributed by atoms with Crippen LogP contribution in [0.2, 0.25) is 0 Å². The first-order valence-corrected chi connectivity index (χ1v) is 11.8. The van der Waals surface area contributed by atoms with Crippen LogP contribution in [0.5, 0.6) is 5.75 Å². The highest BCUT2D eigenvalue weighted by Crippen LogP contribution is 2.29. The zero-order valence-electron chi connectivity index (χ0n) is 17.5. The van der Waals surface area contributed by atoms with Crippen molar-refractivity contribution >= 4 is 21.6 Å². The number of anilines is 1. The molecule has 1 saturated carbocycles. The molecular weight excluding hydrogens is 418 g/mol. The first kappa shape index (κ1) is 21.8. The van der Waals surface area contributed by atoms with E-state index in [0.717, 1.165) is 31.5 Å². The molecule has 2 aromatic carbocycles. The quantitative estimate of drug-likeness (QED) is 0.647. The van der Waals surface area contributed by atoms with Crippen molar-refractivity contribution in [2.45, 2.75) is 30.3 Å². The fourth-order valence-corrected chi connectivity index (χ4v) is 4.99. The number of carbonyl (C=O) groups excluding carboxylic acids is 1. The predicted molar refractivity (Wildman–Crippen MR) is 117 cm³/mol. The van der Waals surface area contributed by atoms with Gasteiger partial charge in [-0.05, 0) is 42.7 Å². The van der Waals surface area contributed by atoms with Gasteiger partial charge in [0.1, 0.15) is 10.6 Å². The van der Waals surface area contributed by atoms with Crippen LogP contribution in [-0.4, -0.2) is 58.7 Å². The minimum Gasteiger partial charge on any atom is -0.495 e. The van der Waals surface area contributed by atoms with Gasteiger partial charge in [-0.25, -0.2) is 13.1 Å². The van der Waals surface area contributed by atoms with E-state index in [4.69, 9.17) is 9.47 Å². The van der Waals surface area contributed by atoms with E-state index in [9.17, 15) is 13.2 Å². The maximum Gasteiger partial charge on any atom is 0.255 e. The summed E-state index contributed by atoms with van der Waals surface area (Å²) in [5.74, 6) is -0.169. The molecule has 2 aliphatic rings. The number of carbonyl (C=O) groups is 1. The number of benzene rings is 2. The lowest BCUT2D eigenvalue weighted by Crippen LogP contribution is -2.35. The summed E-state index contributed by atoms with van der Waals surface area (Å²) in [5.41, 5.74) is 1.95. The zero-order valence-corrected chi connectivity index (χ0v) is 18.3. The summed E-state index contributed by atoms with van der Waals surface area (Å²) in [5, 5.41) is 2.93. The lowest BCUT2D eigenvalue weighted by molar-refractivity contribution is 0.0342. The Morgan fingerprint density at radius 2 is 1.90 bits per heavy atom. The van der Waals surface area contributed by atoms with Crippen LogP contribution in [-0.2, 0) is 21.3 Å². The normalized spacial score (nSPS) is 17.3. The number of amides is 1. The summed E-state index contributed by atoms with van der Waals surface area (Å²) >= 11 is 0. The summed E-state index contributed by atoms with van der Waals surface area (Å²) in [6.45, 7) is 3.79. The number of sulfonamides is 1. The van der Waals surface area contributed by atoms with Gasteiger partial charge in [-0.3, -0.25) is 9.69 Å². The molecule has 4 rings (SSSR count). The number of hydrogen-bond donors (Lipinski definition) is 2. The summed E-state index contributed by atoms with van der Waals surface area (Å²) in [7, 11) is -2.36. The van der Waals surface area contributed by atoms with Crippen molar-refractivity contribution in [3.05, 3.63) is 53.6 Å². The molecule has 1 amide bonds. The molecule has 0 bridgehead atoms. The molecule has 0 aromatic heterocycles. The monoisotopic (exact) mass is 445 g/mol. The van der Waals surface area contributed by atoms with Crippen molar-refractivity contribution in [1.29, 1.82) is 0 Å². The van der Waals surface area contributed by atoms with E-state index in [-0.39, 0.29) is 28.2 Å². The molecule has 2 N–H and O–H groups in total. The Bertz CT molecular complexity index is 1050. The zero-order chi connectivity index (χ0) is 21.8. The molecule has 9 heteroatoms. The van der Waals surface area contributed by atoms with Crippen LogP contribution in [0.15, 0.2) is 47.4 Å². The highest BCUT2D eigenvalue weighted by molar-refractivity contribution is 7.89. The number of hydrogen-bond acceptors (Lipinski definition) is 6. The van der Waals surface area contributed by atoms with Gasteiger partial charge < -0.3 is 14.8 Å². The van der Waals surface area contributed by atoms with Gasteiger partial charge in [0, 0.05) is 36.9 Å². The van der Waals surface area contributed by atoms with E-state index in [1.807, 2.05) is 24.3 Å². The number of methoxy groups -OCH3 is 1. The van der Waals surface area contributed by atoms with E-state index in [0.29, 0.717) is 25.4 Å². The molecule has 0 atom stereocenters. The van der Waals surface area contributed by atoms with Crippen molar-refractivity contribution in [3.63, 3.8) is 0 Å². The van der Waals surface area contributed by atoms with Crippen LogP contribution >= 0.6 is 0 Å². The van der Waals surface area contributed by atoms with Gasteiger partial charge >= 0.3 is 0 Å². The third kappa shape index (κ3) is 5.43. The largest absolute Gasteiger partial charge is 0.495 e. The Hall–Kier alpha value is -2.46. The lowest BCUT2D eigenvalue weighted by atomic mass is 10.1. The highest BCUT2D eigenvalue weighted by Gasteiger charge is 2.30. The smallest absolute Gasteiger partial charge is 0.255 e. The Balaban J connectivity index is 1.54. The molecule has 0 unspecified atom stereocenters. The third-order valence-corrected chi connectivity index (χ3v) is 6.92. The first-order chi connectivity index (χ1) is 15.0. The van der Waals surface area contributed by atoms with Crippen molar-refractivity contribution < 1.29 is 22.7 Å². The Morgan fingerprint density at radius 3 is 2.61 bits per heavy atom. The summed E-state index contributed by atoms with van der Waals surface area (Å²) < 4.78 is 38.7. The molecule has 1 aliphatic carbocycles.